The number of benzene rings is 1. The number of rotatable bonds is 6. The monoisotopic (exact) mass is 340 g/mol. The quantitative estimate of drug-likeness (QED) is 0.806. The van der Waals surface area contributed by atoms with E-state index in [0.717, 1.165) is 19.3 Å². The molecule has 1 aromatic rings. The van der Waals surface area contributed by atoms with Gasteiger partial charge in [-0.3, -0.25) is 9.59 Å². The van der Waals surface area contributed by atoms with Crippen molar-refractivity contribution in [3.05, 3.63) is 29.8 Å². The highest BCUT2D eigenvalue weighted by Crippen LogP contribution is 2.23. The van der Waals surface area contributed by atoms with E-state index in [1.54, 1.807) is 12.1 Å². The van der Waals surface area contributed by atoms with E-state index >= 15 is 0 Å². The summed E-state index contributed by atoms with van der Waals surface area (Å²) in [6, 6.07) is 6.01. The molecule has 126 valence electrons. The lowest BCUT2D eigenvalue weighted by atomic mass is 10.2. The first-order valence-electron chi connectivity index (χ1n) is 7.52. The molecular weight excluding hydrogens is 320 g/mol. The molecule has 0 radical (unpaired) electrons. The van der Waals surface area contributed by atoms with Crippen LogP contribution in [0.3, 0.4) is 0 Å². The van der Waals surface area contributed by atoms with Gasteiger partial charge in [0.15, 0.2) is 0 Å². The van der Waals surface area contributed by atoms with E-state index in [0.29, 0.717) is 13.1 Å². The van der Waals surface area contributed by atoms with E-state index in [1.165, 1.54) is 16.4 Å². The summed E-state index contributed by atoms with van der Waals surface area (Å²) in [6.45, 7) is 0.862. The number of carbonyl (C=O) groups is 2. The SMILES string of the molecule is O=C(O)CCNC(=O)c1ccccc1S(=O)(=O)N1CCCCC1. The Morgan fingerprint density at radius 1 is 1.13 bits per heavy atom. The van der Waals surface area contributed by atoms with Crippen LogP contribution in [0.4, 0.5) is 0 Å². The highest BCUT2D eigenvalue weighted by molar-refractivity contribution is 7.89. The molecule has 8 heteroatoms. The number of amides is 1. The Morgan fingerprint density at radius 3 is 2.43 bits per heavy atom. The summed E-state index contributed by atoms with van der Waals surface area (Å²) < 4.78 is 26.9. The Labute approximate surface area is 135 Å². The van der Waals surface area contributed by atoms with Crippen LogP contribution < -0.4 is 5.32 Å². The molecule has 1 fully saturated rings. The van der Waals surface area contributed by atoms with Crippen LogP contribution in [0, 0.1) is 0 Å². The van der Waals surface area contributed by atoms with E-state index in [9.17, 15) is 18.0 Å². The Balaban J connectivity index is 2.22. The first-order valence-corrected chi connectivity index (χ1v) is 8.96. The second kappa shape index (κ2) is 7.56. The lowest BCUT2D eigenvalue weighted by Gasteiger charge is -2.26. The normalized spacial score (nSPS) is 16.0. The molecule has 1 aliphatic heterocycles. The average Bonchev–Trinajstić information content (AvgIpc) is 2.55. The number of carboxylic acid groups (broad SMARTS) is 1. The van der Waals surface area contributed by atoms with Gasteiger partial charge in [-0.15, -0.1) is 0 Å². The summed E-state index contributed by atoms with van der Waals surface area (Å²) in [4.78, 5) is 22.7. The van der Waals surface area contributed by atoms with Gasteiger partial charge in [-0.05, 0) is 25.0 Å². The van der Waals surface area contributed by atoms with Gasteiger partial charge in [0.05, 0.1) is 16.9 Å². The van der Waals surface area contributed by atoms with Gasteiger partial charge in [-0.25, -0.2) is 8.42 Å². The van der Waals surface area contributed by atoms with E-state index in [-0.39, 0.29) is 23.4 Å². The molecular formula is C15H20N2O5S. The lowest BCUT2D eigenvalue weighted by Crippen LogP contribution is -2.37. The van der Waals surface area contributed by atoms with Crippen molar-refractivity contribution in [3.63, 3.8) is 0 Å². The summed E-state index contributed by atoms with van der Waals surface area (Å²) in [5, 5.41) is 11.0. The second-order valence-electron chi connectivity index (χ2n) is 5.36. The van der Waals surface area contributed by atoms with E-state index < -0.39 is 21.9 Å². The van der Waals surface area contributed by atoms with Crippen LogP contribution in [-0.4, -0.2) is 49.3 Å². The number of nitrogens with zero attached hydrogens (tertiary/aromatic N) is 1. The molecule has 2 N–H and O–H groups in total. The molecule has 7 nitrogen and oxygen atoms in total. The van der Waals surface area contributed by atoms with Crippen molar-refractivity contribution in [1.29, 1.82) is 0 Å². The number of hydrogen-bond donors (Lipinski definition) is 2. The minimum Gasteiger partial charge on any atom is -0.481 e. The molecule has 0 bridgehead atoms. The maximum atomic E-state index is 12.7. The van der Waals surface area contributed by atoms with E-state index in [1.807, 2.05) is 0 Å². The van der Waals surface area contributed by atoms with Crippen LogP contribution in [0.2, 0.25) is 0 Å². The minimum atomic E-state index is -3.72. The molecule has 1 amide bonds. The van der Waals surface area contributed by atoms with Crippen molar-refractivity contribution in [2.45, 2.75) is 30.6 Å². The molecule has 1 aliphatic rings. The maximum absolute atomic E-state index is 12.7. The molecule has 23 heavy (non-hydrogen) atoms. The summed E-state index contributed by atoms with van der Waals surface area (Å²) in [6.07, 6.45) is 2.41. The van der Waals surface area contributed by atoms with Crippen molar-refractivity contribution in [3.8, 4) is 0 Å². The Kier molecular flexibility index (Phi) is 5.73. The van der Waals surface area contributed by atoms with Gasteiger partial charge in [0.25, 0.3) is 5.91 Å². The summed E-state index contributed by atoms with van der Waals surface area (Å²) in [7, 11) is -3.72. The molecule has 1 heterocycles. The number of nitrogens with one attached hydrogen (secondary N) is 1. The number of carbonyl (C=O) groups excluding carboxylic acids is 1. The van der Waals surface area contributed by atoms with Gasteiger partial charge in [0, 0.05) is 19.6 Å². The predicted molar refractivity (Wildman–Crippen MR) is 83.6 cm³/mol. The zero-order valence-corrected chi connectivity index (χ0v) is 13.5. The fraction of sp³-hybridized carbons (Fsp3) is 0.467. The van der Waals surface area contributed by atoms with Crippen molar-refractivity contribution < 1.29 is 23.1 Å². The van der Waals surface area contributed by atoms with Crippen LogP contribution in [0.1, 0.15) is 36.0 Å². The molecule has 0 unspecified atom stereocenters. The van der Waals surface area contributed by atoms with Crippen LogP contribution in [-0.2, 0) is 14.8 Å². The van der Waals surface area contributed by atoms with Gasteiger partial charge in [-0.2, -0.15) is 4.31 Å². The summed E-state index contributed by atoms with van der Waals surface area (Å²) in [5.74, 6) is -1.61. The molecule has 0 atom stereocenters. The Hall–Kier alpha value is -1.93. The average molecular weight is 340 g/mol. The highest BCUT2D eigenvalue weighted by Gasteiger charge is 2.29. The largest absolute Gasteiger partial charge is 0.481 e. The van der Waals surface area contributed by atoms with Gasteiger partial charge in [0.1, 0.15) is 0 Å². The third-order valence-corrected chi connectivity index (χ3v) is 5.65. The summed E-state index contributed by atoms with van der Waals surface area (Å²) in [5.41, 5.74) is 0.0449. The van der Waals surface area contributed by atoms with Crippen LogP contribution in [0.5, 0.6) is 0 Å². The first-order chi connectivity index (χ1) is 10.9. The van der Waals surface area contributed by atoms with Crippen LogP contribution in [0.25, 0.3) is 0 Å². The van der Waals surface area contributed by atoms with Crippen molar-refractivity contribution >= 4 is 21.9 Å². The van der Waals surface area contributed by atoms with Crippen molar-refractivity contribution in [2.24, 2.45) is 0 Å². The molecule has 0 spiro atoms. The summed E-state index contributed by atoms with van der Waals surface area (Å²) >= 11 is 0. The third kappa shape index (κ3) is 4.29. The minimum absolute atomic E-state index is 0.0327. The first kappa shape index (κ1) is 17.4. The Morgan fingerprint density at radius 2 is 1.78 bits per heavy atom. The van der Waals surface area contributed by atoms with Gasteiger partial charge < -0.3 is 10.4 Å². The van der Waals surface area contributed by atoms with Gasteiger partial charge in [0.2, 0.25) is 10.0 Å². The van der Waals surface area contributed by atoms with Crippen molar-refractivity contribution in [2.75, 3.05) is 19.6 Å². The van der Waals surface area contributed by atoms with Gasteiger partial charge >= 0.3 is 5.97 Å². The topological polar surface area (TPSA) is 104 Å². The standard InChI is InChI=1S/C15H20N2O5S/c18-14(19)8-9-16-15(20)12-6-2-3-7-13(12)23(21,22)17-10-4-1-5-11-17/h2-3,6-7H,1,4-5,8-11H2,(H,16,20)(H,18,19). The zero-order valence-electron chi connectivity index (χ0n) is 12.7. The third-order valence-electron chi connectivity index (χ3n) is 3.69. The number of piperidine rings is 1. The van der Waals surface area contributed by atoms with Crippen LogP contribution >= 0.6 is 0 Å². The zero-order chi connectivity index (χ0) is 16.9. The van der Waals surface area contributed by atoms with Gasteiger partial charge in [-0.1, -0.05) is 18.6 Å². The molecule has 1 saturated heterocycles. The predicted octanol–water partition coefficient (Wildman–Crippen LogP) is 1.07. The van der Waals surface area contributed by atoms with Crippen LogP contribution in [0.15, 0.2) is 29.2 Å². The smallest absolute Gasteiger partial charge is 0.305 e. The molecule has 0 aliphatic carbocycles. The number of sulfonamides is 1. The number of carboxylic acids is 1. The highest BCUT2D eigenvalue weighted by atomic mass is 32.2. The molecule has 2 rings (SSSR count). The molecule has 0 aromatic heterocycles. The molecule has 1 aromatic carbocycles. The van der Waals surface area contributed by atoms with E-state index in [4.69, 9.17) is 5.11 Å². The molecule has 0 saturated carbocycles. The Bertz CT molecular complexity index is 681. The number of aliphatic carboxylic acids is 1. The fourth-order valence-electron chi connectivity index (χ4n) is 2.50. The van der Waals surface area contributed by atoms with Crippen molar-refractivity contribution in [1.82, 2.24) is 9.62 Å². The lowest BCUT2D eigenvalue weighted by molar-refractivity contribution is -0.136. The second-order valence-corrected chi connectivity index (χ2v) is 7.27. The fourth-order valence-corrected chi connectivity index (χ4v) is 4.21. The maximum Gasteiger partial charge on any atom is 0.305 e. The number of hydrogen-bond acceptors (Lipinski definition) is 4. The van der Waals surface area contributed by atoms with E-state index in [2.05, 4.69) is 5.32 Å².